The van der Waals surface area contributed by atoms with Crippen LogP contribution in [-0.4, -0.2) is 30.1 Å². The second-order valence-electron chi connectivity index (χ2n) is 10.3. The van der Waals surface area contributed by atoms with Crippen LogP contribution in [0.2, 0.25) is 0 Å². The molecule has 0 spiro atoms. The van der Waals surface area contributed by atoms with Crippen LogP contribution in [0.25, 0.3) is 55.7 Å². The number of aromatic nitrogens is 6. The number of anilines is 1. The predicted octanol–water partition coefficient (Wildman–Crippen LogP) is 7.34. The number of hydrogen-bond donors (Lipinski definition) is 3. The van der Waals surface area contributed by atoms with Crippen molar-refractivity contribution >= 4 is 27.6 Å². The fourth-order valence-corrected chi connectivity index (χ4v) is 4.29. The molecule has 0 aliphatic heterocycles. The lowest BCUT2D eigenvalue weighted by Gasteiger charge is -2.23. The first-order valence-corrected chi connectivity index (χ1v) is 12.3. The number of nitrogens with zero attached hydrogens (tertiary/aromatic N) is 4. The molecule has 38 heavy (non-hydrogen) atoms. The third-order valence-corrected chi connectivity index (χ3v) is 6.61. The molecule has 0 saturated carbocycles. The van der Waals surface area contributed by atoms with Gasteiger partial charge in [-0.3, -0.25) is 15.1 Å². The highest BCUT2D eigenvalue weighted by atomic mass is 19.1. The van der Waals surface area contributed by atoms with E-state index in [-0.39, 0.29) is 11.2 Å². The molecule has 4 heterocycles. The topological polar surface area (TPSA) is 95.2 Å². The smallest absolute Gasteiger partial charge is 0.159 e. The second-order valence-corrected chi connectivity index (χ2v) is 10.3. The minimum absolute atomic E-state index is 0.0702. The third kappa shape index (κ3) is 4.30. The van der Waals surface area contributed by atoms with Gasteiger partial charge in [-0.05, 0) is 41.5 Å². The third-order valence-electron chi connectivity index (χ3n) is 6.61. The molecule has 188 valence electrons. The van der Waals surface area contributed by atoms with E-state index in [4.69, 9.17) is 4.98 Å². The Morgan fingerprint density at radius 1 is 0.868 bits per heavy atom. The fraction of sp³-hybridized carbons (Fsp3) is 0.133. The van der Waals surface area contributed by atoms with Gasteiger partial charge in [-0.1, -0.05) is 45.5 Å². The number of H-pyrrole nitrogens is 2. The van der Waals surface area contributed by atoms with Gasteiger partial charge in [0.05, 0.1) is 34.6 Å². The highest BCUT2D eigenvalue weighted by Gasteiger charge is 2.17. The van der Waals surface area contributed by atoms with Gasteiger partial charge >= 0.3 is 0 Å². The summed E-state index contributed by atoms with van der Waals surface area (Å²) in [6.07, 6.45) is 7.11. The van der Waals surface area contributed by atoms with E-state index in [2.05, 4.69) is 69.9 Å². The maximum atomic E-state index is 13.5. The summed E-state index contributed by atoms with van der Waals surface area (Å²) in [5.74, 6) is 0.334. The number of nitrogens with one attached hydrogen (secondary N) is 3. The molecule has 4 aromatic heterocycles. The zero-order valence-corrected chi connectivity index (χ0v) is 21.3. The Bertz CT molecular complexity index is 1810. The predicted molar refractivity (Wildman–Crippen MR) is 150 cm³/mol. The zero-order chi connectivity index (χ0) is 26.4. The number of benzene rings is 2. The lowest BCUT2D eigenvalue weighted by atomic mass is 9.93. The summed E-state index contributed by atoms with van der Waals surface area (Å²) in [5.41, 5.74) is 8.48. The monoisotopic (exact) mass is 503 g/mol. The van der Waals surface area contributed by atoms with Crippen molar-refractivity contribution in [2.45, 2.75) is 20.8 Å². The van der Waals surface area contributed by atoms with Crippen molar-refractivity contribution < 1.29 is 4.39 Å². The zero-order valence-electron chi connectivity index (χ0n) is 21.3. The average molecular weight is 504 g/mol. The molecule has 0 aliphatic rings. The van der Waals surface area contributed by atoms with E-state index in [0.29, 0.717) is 11.5 Å². The van der Waals surface area contributed by atoms with Crippen LogP contribution in [0.4, 0.5) is 10.1 Å². The number of hydrogen-bond acceptors (Lipinski definition) is 5. The first-order chi connectivity index (χ1) is 18.3. The van der Waals surface area contributed by atoms with Gasteiger partial charge in [0.25, 0.3) is 0 Å². The minimum Gasteiger partial charge on any atom is -0.358 e. The van der Waals surface area contributed by atoms with Gasteiger partial charge in [0, 0.05) is 40.0 Å². The van der Waals surface area contributed by atoms with E-state index >= 15 is 0 Å². The molecule has 0 bridgehead atoms. The molecule has 2 aromatic carbocycles. The van der Waals surface area contributed by atoms with Crippen LogP contribution in [0.15, 0.2) is 85.6 Å². The van der Waals surface area contributed by atoms with Crippen LogP contribution < -0.4 is 5.32 Å². The number of rotatable bonds is 5. The van der Waals surface area contributed by atoms with E-state index in [1.54, 1.807) is 30.7 Å². The van der Waals surface area contributed by atoms with Gasteiger partial charge in [-0.2, -0.15) is 5.10 Å². The molecular weight excluding hydrogens is 477 g/mol. The van der Waals surface area contributed by atoms with E-state index in [1.807, 2.05) is 18.3 Å². The highest BCUT2D eigenvalue weighted by molar-refractivity contribution is 5.98. The molecule has 6 aromatic rings. The van der Waals surface area contributed by atoms with Crippen molar-refractivity contribution in [3.8, 4) is 33.8 Å². The molecular formula is C30H26FN7. The standard InChI is InChI=1S/C30H26FN7/c1-17(30(2,3)4)34-22-11-20(13-32-14-22)19-7-10-25-23(12-19)28(38-37-25)29-35-26-16-33-15-24(27(26)36-29)18-5-8-21(31)9-6-18/h5-16,34H,1H2,2-4H3,(H,35,36)(H,37,38). The summed E-state index contributed by atoms with van der Waals surface area (Å²) < 4.78 is 13.5. The maximum absolute atomic E-state index is 13.5. The lowest BCUT2D eigenvalue weighted by Crippen LogP contribution is -2.15. The van der Waals surface area contributed by atoms with Gasteiger partial charge < -0.3 is 10.3 Å². The van der Waals surface area contributed by atoms with Crippen molar-refractivity contribution in [3.63, 3.8) is 0 Å². The summed E-state index contributed by atoms with van der Waals surface area (Å²) >= 11 is 0. The van der Waals surface area contributed by atoms with Gasteiger partial charge in [0.15, 0.2) is 5.82 Å². The second kappa shape index (κ2) is 8.92. The molecule has 0 atom stereocenters. The molecule has 0 fully saturated rings. The Hall–Kier alpha value is -4.85. The summed E-state index contributed by atoms with van der Waals surface area (Å²) in [5, 5.41) is 12.0. The van der Waals surface area contributed by atoms with Crippen LogP contribution >= 0.6 is 0 Å². The van der Waals surface area contributed by atoms with E-state index in [1.165, 1.54) is 12.1 Å². The molecule has 8 heteroatoms. The van der Waals surface area contributed by atoms with Gasteiger partial charge in [-0.25, -0.2) is 9.37 Å². The Morgan fingerprint density at radius 3 is 2.42 bits per heavy atom. The number of pyridine rings is 2. The minimum atomic E-state index is -0.286. The SMILES string of the molecule is C=C(Nc1cncc(-c2ccc3[nH]nc(-c4nc5c(-c6ccc(F)cc6)cncc5[nH]4)c3c2)c1)C(C)(C)C. The van der Waals surface area contributed by atoms with Gasteiger partial charge in [-0.15, -0.1) is 0 Å². The quantitative estimate of drug-likeness (QED) is 0.229. The number of imidazole rings is 1. The molecule has 7 nitrogen and oxygen atoms in total. The molecule has 0 amide bonds. The number of allylic oxidation sites excluding steroid dienone is 1. The van der Waals surface area contributed by atoms with Gasteiger partial charge in [0.1, 0.15) is 11.5 Å². The number of fused-ring (bicyclic) bond motifs is 2. The molecule has 0 aliphatic carbocycles. The number of halogens is 1. The number of aromatic amines is 2. The molecule has 0 radical (unpaired) electrons. The van der Waals surface area contributed by atoms with Crippen LogP contribution in [-0.2, 0) is 0 Å². The Labute approximate surface area is 218 Å². The Balaban J connectivity index is 1.39. The highest BCUT2D eigenvalue weighted by Crippen LogP contribution is 2.33. The van der Waals surface area contributed by atoms with Crippen molar-refractivity contribution in [1.82, 2.24) is 30.1 Å². The normalized spacial score (nSPS) is 11.8. The largest absolute Gasteiger partial charge is 0.358 e. The fourth-order valence-electron chi connectivity index (χ4n) is 4.29. The van der Waals surface area contributed by atoms with Crippen molar-refractivity contribution in [2.75, 3.05) is 5.32 Å². The average Bonchev–Trinajstić information content (AvgIpc) is 3.52. The molecule has 0 unspecified atom stereocenters. The van der Waals surface area contributed by atoms with Crippen molar-refractivity contribution in [2.24, 2.45) is 5.41 Å². The Morgan fingerprint density at radius 2 is 1.63 bits per heavy atom. The summed E-state index contributed by atoms with van der Waals surface area (Å²) in [6, 6.07) is 14.5. The van der Waals surface area contributed by atoms with E-state index in [9.17, 15) is 4.39 Å². The van der Waals surface area contributed by atoms with Crippen molar-refractivity contribution in [3.05, 3.63) is 91.4 Å². The van der Waals surface area contributed by atoms with E-state index < -0.39 is 0 Å². The summed E-state index contributed by atoms with van der Waals surface area (Å²) in [6.45, 7) is 10.5. The van der Waals surface area contributed by atoms with E-state index in [0.717, 1.165) is 55.6 Å². The first-order valence-electron chi connectivity index (χ1n) is 12.3. The molecule has 0 saturated heterocycles. The Kier molecular flexibility index (Phi) is 5.52. The molecule has 6 rings (SSSR count). The summed E-state index contributed by atoms with van der Waals surface area (Å²) in [4.78, 5) is 17.0. The van der Waals surface area contributed by atoms with Gasteiger partial charge in [0.2, 0.25) is 0 Å². The van der Waals surface area contributed by atoms with Crippen LogP contribution in [0.1, 0.15) is 20.8 Å². The summed E-state index contributed by atoms with van der Waals surface area (Å²) in [7, 11) is 0. The first kappa shape index (κ1) is 23.5. The van der Waals surface area contributed by atoms with Crippen LogP contribution in [0.5, 0.6) is 0 Å². The lowest BCUT2D eigenvalue weighted by molar-refractivity contribution is 0.509. The molecule has 3 N–H and O–H groups in total. The van der Waals surface area contributed by atoms with Crippen molar-refractivity contribution in [1.29, 1.82) is 0 Å². The van der Waals surface area contributed by atoms with Crippen LogP contribution in [0, 0.1) is 11.2 Å². The van der Waals surface area contributed by atoms with Crippen LogP contribution in [0.3, 0.4) is 0 Å². The maximum Gasteiger partial charge on any atom is 0.159 e.